The second kappa shape index (κ2) is 7.35. The lowest BCUT2D eigenvalue weighted by Gasteiger charge is -2.29. The van der Waals surface area contributed by atoms with Crippen LogP contribution < -0.4 is 11.1 Å². The number of rotatable bonds is 4. The first-order valence-electron chi connectivity index (χ1n) is 9.00. The van der Waals surface area contributed by atoms with Gasteiger partial charge in [-0.1, -0.05) is 19.8 Å². The first-order chi connectivity index (χ1) is 12.0. The first-order valence-corrected chi connectivity index (χ1v) is 9.00. The van der Waals surface area contributed by atoms with E-state index in [9.17, 15) is 4.79 Å². The minimum absolute atomic E-state index is 0.121. The molecule has 0 aliphatic heterocycles. The summed E-state index contributed by atoms with van der Waals surface area (Å²) >= 11 is 0. The number of aromatic amines is 1. The molecule has 134 valence electrons. The number of H-pyrrole nitrogens is 1. The topological polar surface area (TPSA) is 96.7 Å². The molecule has 1 saturated carbocycles. The van der Waals surface area contributed by atoms with Crippen LogP contribution in [-0.4, -0.2) is 27.1 Å². The Balaban J connectivity index is 1.64. The number of aryl methyl sites for hydroxylation is 2. The average molecular weight is 341 g/mol. The molecular weight excluding hydrogens is 314 g/mol. The number of amides is 1. The highest BCUT2D eigenvalue weighted by Crippen LogP contribution is 2.30. The Bertz CT molecular complexity index is 709. The molecule has 1 atom stereocenters. The summed E-state index contributed by atoms with van der Waals surface area (Å²) in [7, 11) is 0. The van der Waals surface area contributed by atoms with E-state index in [4.69, 9.17) is 5.73 Å². The van der Waals surface area contributed by atoms with Gasteiger partial charge in [-0.25, -0.2) is 0 Å². The first kappa shape index (κ1) is 17.6. The van der Waals surface area contributed by atoms with Crippen molar-refractivity contribution in [2.45, 2.75) is 52.5 Å². The van der Waals surface area contributed by atoms with Crippen LogP contribution in [0.4, 0.5) is 5.69 Å². The maximum atomic E-state index is 12.4. The number of nitrogens with zero attached hydrogens (tertiary/aromatic N) is 2. The van der Waals surface area contributed by atoms with Crippen LogP contribution in [0.2, 0.25) is 0 Å². The van der Waals surface area contributed by atoms with E-state index in [0.717, 1.165) is 54.2 Å². The Morgan fingerprint density at radius 2 is 2.00 bits per heavy atom. The van der Waals surface area contributed by atoms with Gasteiger partial charge in [0.05, 0.1) is 29.3 Å². The summed E-state index contributed by atoms with van der Waals surface area (Å²) in [4.78, 5) is 16.9. The Morgan fingerprint density at radius 1 is 1.28 bits per heavy atom. The summed E-state index contributed by atoms with van der Waals surface area (Å²) in [5, 5.41) is 10.1. The van der Waals surface area contributed by atoms with Crippen LogP contribution in [0.3, 0.4) is 0 Å². The molecule has 1 amide bonds. The lowest BCUT2D eigenvalue weighted by atomic mass is 9.79. The zero-order valence-corrected chi connectivity index (χ0v) is 15.2. The van der Waals surface area contributed by atoms with Crippen molar-refractivity contribution < 1.29 is 4.79 Å². The van der Waals surface area contributed by atoms with Gasteiger partial charge in [-0.3, -0.25) is 14.9 Å². The van der Waals surface area contributed by atoms with Crippen molar-refractivity contribution in [2.24, 2.45) is 17.6 Å². The number of aromatic nitrogens is 3. The molecule has 0 bridgehead atoms. The van der Waals surface area contributed by atoms with E-state index in [-0.39, 0.29) is 11.8 Å². The predicted molar refractivity (Wildman–Crippen MR) is 99.0 cm³/mol. The summed E-state index contributed by atoms with van der Waals surface area (Å²) in [6.45, 7) is 6.18. The van der Waals surface area contributed by atoms with Crippen molar-refractivity contribution in [1.82, 2.24) is 15.2 Å². The molecule has 6 heteroatoms. The van der Waals surface area contributed by atoms with Gasteiger partial charge in [0, 0.05) is 11.3 Å². The van der Waals surface area contributed by atoms with Crippen molar-refractivity contribution in [3.8, 4) is 11.3 Å². The number of carbonyl (C=O) groups excluding carboxylic acids is 1. The third-order valence-electron chi connectivity index (χ3n) is 5.29. The van der Waals surface area contributed by atoms with E-state index in [0.29, 0.717) is 5.69 Å². The van der Waals surface area contributed by atoms with E-state index in [1.807, 2.05) is 26.0 Å². The molecule has 1 aliphatic carbocycles. The van der Waals surface area contributed by atoms with Gasteiger partial charge in [-0.05, 0) is 50.7 Å². The van der Waals surface area contributed by atoms with Crippen LogP contribution in [0.25, 0.3) is 11.3 Å². The Hall–Kier alpha value is -2.21. The van der Waals surface area contributed by atoms with Gasteiger partial charge in [0.15, 0.2) is 0 Å². The average Bonchev–Trinajstić information content (AvgIpc) is 2.94. The van der Waals surface area contributed by atoms with Crippen LogP contribution in [0.1, 0.15) is 44.0 Å². The summed E-state index contributed by atoms with van der Waals surface area (Å²) in [5.41, 5.74) is 10.6. The molecular formula is C19H27N5O. The molecule has 1 fully saturated rings. The van der Waals surface area contributed by atoms with E-state index < -0.39 is 6.04 Å². The molecule has 2 heterocycles. The van der Waals surface area contributed by atoms with Gasteiger partial charge >= 0.3 is 0 Å². The zero-order valence-electron chi connectivity index (χ0n) is 15.2. The minimum atomic E-state index is -0.453. The van der Waals surface area contributed by atoms with Crippen molar-refractivity contribution in [3.05, 3.63) is 29.7 Å². The van der Waals surface area contributed by atoms with Crippen molar-refractivity contribution in [3.63, 3.8) is 0 Å². The van der Waals surface area contributed by atoms with E-state index in [1.54, 1.807) is 6.20 Å². The Morgan fingerprint density at radius 3 is 2.56 bits per heavy atom. The summed E-state index contributed by atoms with van der Waals surface area (Å²) in [6.07, 6.45) is 6.06. The van der Waals surface area contributed by atoms with Crippen molar-refractivity contribution in [2.75, 3.05) is 5.32 Å². The van der Waals surface area contributed by atoms with Crippen LogP contribution >= 0.6 is 0 Å². The lowest BCUT2D eigenvalue weighted by Crippen LogP contribution is -2.43. The van der Waals surface area contributed by atoms with E-state index in [2.05, 4.69) is 27.4 Å². The molecule has 3 rings (SSSR count). The molecule has 0 radical (unpaired) electrons. The molecule has 1 aliphatic rings. The lowest BCUT2D eigenvalue weighted by molar-refractivity contribution is -0.118. The number of nitrogens with one attached hydrogen (secondary N) is 2. The number of hydrogen-bond acceptors (Lipinski definition) is 4. The molecule has 2 aromatic rings. The standard InChI is InChI=1S/C19H27N5O/c1-11-4-6-14(7-5-11)18(20)19(25)22-15-8-9-16(21-10-15)17-12(2)23-24-13(17)3/h8-11,14,18H,4-7,20H2,1-3H3,(H,22,25)(H,23,24). The zero-order chi connectivity index (χ0) is 18.0. The number of carbonyl (C=O) groups is 1. The van der Waals surface area contributed by atoms with Crippen molar-refractivity contribution in [1.29, 1.82) is 0 Å². The van der Waals surface area contributed by atoms with Crippen LogP contribution in [-0.2, 0) is 4.79 Å². The molecule has 25 heavy (non-hydrogen) atoms. The summed E-state index contributed by atoms with van der Waals surface area (Å²) < 4.78 is 0. The fraction of sp³-hybridized carbons (Fsp3) is 0.526. The summed E-state index contributed by atoms with van der Waals surface area (Å²) in [6, 6.07) is 3.31. The quantitative estimate of drug-likeness (QED) is 0.795. The Labute approximate surface area is 148 Å². The van der Waals surface area contributed by atoms with Gasteiger partial charge in [0.1, 0.15) is 0 Å². The van der Waals surface area contributed by atoms with Crippen LogP contribution in [0.5, 0.6) is 0 Å². The van der Waals surface area contributed by atoms with Gasteiger partial charge in [0.25, 0.3) is 0 Å². The van der Waals surface area contributed by atoms with Gasteiger partial charge in [-0.15, -0.1) is 0 Å². The maximum Gasteiger partial charge on any atom is 0.241 e. The van der Waals surface area contributed by atoms with Crippen LogP contribution in [0.15, 0.2) is 18.3 Å². The number of anilines is 1. The fourth-order valence-corrected chi connectivity index (χ4v) is 3.63. The SMILES string of the molecule is Cc1n[nH]c(C)c1-c1ccc(NC(=O)C(N)C2CCC(C)CC2)cn1. The van der Waals surface area contributed by atoms with Crippen LogP contribution in [0, 0.1) is 25.7 Å². The molecule has 2 aromatic heterocycles. The highest BCUT2D eigenvalue weighted by atomic mass is 16.2. The predicted octanol–water partition coefficient (Wildman–Crippen LogP) is 3.18. The highest BCUT2D eigenvalue weighted by Gasteiger charge is 2.28. The fourth-order valence-electron chi connectivity index (χ4n) is 3.63. The number of pyridine rings is 1. The highest BCUT2D eigenvalue weighted by molar-refractivity contribution is 5.94. The van der Waals surface area contributed by atoms with Crippen molar-refractivity contribution >= 4 is 11.6 Å². The normalized spacial score (nSPS) is 21.8. The smallest absolute Gasteiger partial charge is 0.241 e. The molecule has 6 nitrogen and oxygen atoms in total. The third kappa shape index (κ3) is 3.90. The van der Waals surface area contributed by atoms with Gasteiger partial charge < -0.3 is 11.1 Å². The number of hydrogen-bond donors (Lipinski definition) is 3. The Kier molecular flexibility index (Phi) is 5.18. The summed E-state index contributed by atoms with van der Waals surface area (Å²) in [5.74, 6) is 0.905. The van der Waals surface area contributed by atoms with E-state index in [1.165, 1.54) is 0 Å². The maximum absolute atomic E-state index is 12.4. The molecule has 0 saturated heterocycles. The molecule has 0 spiro atoms. The molecule has 1 unspecified atom stereocenters. The largest absolute Gasteiger partial charge is 0.323 e. The second-order valence-electron chi connectivity index (χ2n) is 7.28. The van der Waals surface area contributed by atoms with Gasteiger partial charge in [-0.2, -0.15) is 5.10 Å². The number of nitrogens with two attached hydrogens (primary N) is 1. The molecule has 0 aromatic carbocycles. The third-order valence-corrected chi connectivity index (χ3v) is 5.29. The molecule has 4 N–H and O–H groups in total. The second-order valence-corrected chi connectivity index (χ2v) is 7.28. The monoisotopic (exact) mass is 341 g/mol. The minimum Gasteiger partial charge on any atom is -0.323 e. The van der Waals surface area contributed by atoms with E-state index >= 15 is 0 Å². The van der Waals surface area contributed by atoms with Gasteiger partial charge in [0.2, 0.25) is 5.91 Å².